The molecular formula is C13H10BrFO. The average molecular weight is 281 g/mol. The quantitative estimate of drug-likeness (QED) is 0.890. The normalized spacial score (nSPS) is 12.4. The lowest BCUT2D eigenvalue weighted by molar-refractivity contribution is 0.219. The molecule has 2 aromatic carbocycles. The molecule has 1 atom stereocenters. The summed E-state index contributed by atoms with van der Waals surface area (Å²) >= 11 is 3.33. The molecule has 16 heavy (non-hydrogen) atoms. The highest BCUT2D eigenvalue weighted by atomic mass is 79.9. The zero-order chi connectivity index (χ0) is 11.5. The monoisotopic (exact) mass is 280 g/mol. The van der Waals surface area contributed by atoms with Crippen LogP contribution in [0.5, 0.6) is 0 Å². The van der Waals surface area contributed by atoms with Gasteiger partial charge in [0, 0.05) is 4.47 Å². The molecule has 0 amide bonds. The Labute approximate surface area is 102 Å². The summed E-state index contributed by atoms with van der Waals surface area (Å²) in [7, 11) is 0. The summed E-state index contributed by atoms with van der Waals surface area (Å²) in [6.07, 6.45) is -0.798. The van der Waals surface area contributed by atoms with Crippen LogP contribution in [0.1, 0.15) is 17.2 Å². The van der Waals surface area contributed by atoms with Crippen LogP contribution in [0, 0.1) is 5.82 Å². The summed E-state index contributed by atoms with van der Waals surface area (Å²) in [6, 6.07) is 13.3. The molecule has 0 aromatic heterocycles. The molecule has 0 bridgehead atoms. The maximum atomic E-state index is 13.0. The Hall–Kier alpha value is -1.19. The Balaban J connectivity index is 2.35. The molecule has 0 spiro atoms. The van der Waals surface area contributed by atoms with Crippen LogP contribution in [-0.4, -0.2) is 5.11 Å². The van der Waals surface area contributed by atoms with Gasteiger partial charge in [-0.25, -0.2) is 4.39 Å². The second-order valence-corrected chi connectivity index (χ2v) is 4.43. The number of aliphatic hydroxyl groups excluding tert-OH is 1. The molecule has 1 N–H and O–H groups in total. The fraction of sp³-hybridized carbons (Fsp3) is 0.0769. The zero-order valence-corrected chi connectivity index (χ0v) is 9.99. The van der Waals surface area contributed by atoms with Gasteiger partial charge in [-0.1, -0.05) is 40.2 Å². The van der Waals surface area contributed by atoms with Gasteiger partial charge in [0.15, 0.2) is 0 Å². The molecule has 0 aliphatic rings. The van der Waals surface area contributed by atoms with Crippen molar-refractivity contribution in [2.45, 2.75) is 6.10 Å². The third-order valence-electron chi connectivity index (χ3n) is 2.33. The maximum absolute atomic E-state index is 13.0. The lowest BCUT2D eigenvalue weighted by Crippen LogP contribution is -1.99. The largest absolute Gasteiger partial charge is 0.384 e. The van der Waals surface area contributed by atoms with Crippen molar-refractivity contribution in [2.75, 3.05) is 0 Å². The van der Waals surface area contributed by atoms with Gasteiger partial charge in [-0.05, 0) is 35.4 Å². The highest BCUT2D eigenvalue weighted by Gasteiger charge is 2.10. The first-order valence-electron chi connectivity index (χ1n) is 4.86. The molecule has 3 heteroatoms. The number of halogens is 2. The van der Waals surface area contributed by atoms with Crippen LogP contribution in [0.3, 0.4) is 0 Å². The lowest BCUT2D eigenvalue weighted by atomic mass is 10.0. The Morgan fingerprint density at radius 1 is 1.00 bits per heavy atom. The topological polar surface area (TPSA) is 20.2 Å². The van der Waals surface area contributed by atoms with Crippen molar-refractivity contribution in [3.63, 3.8) is 0 Å². The van der Waals surface area contributed by atoms with Crippen molar-refractivity contribution in [1.82, 2.24) is 0 Å². The van der Waals surface area contributed by atoms with Crippen LogP contribution in [0.4, 0.5) is 4.39 Å². The van der Waals surface area contributed by atoms with Gasteiger partial charge in [0.1, 0.15) is 11.9 Å². The number of hydrogen-bond donors (Lipinski definition) is 1. The van der Waals surface area contributed by atoms with Crippen LogP contribution in [0.2, 0.25) is 0 Å². The molecule has 1 unspecified atom stereocenters. The highest BCUT2D eigenvalue weighted by molar-refractivity contribution is 9.10. The van der Waals surface area contributed by atoms with Gasteiger partial charge in [-0.2, -0.15) is 0 Å². The molecule has 2 aromatic rings. The molecule has 0 saturated heterocycles. The molecule has 0 saturated carbocycles. The average Bonchev–Trinajstić information content (AvgIpc) is 2.28. The van der Waals surface area contributed by atoms with Gasteiger partial charge in [-0.15, -0.1) is 0 Å². The summed E-state index contributed by atoms with van der Waals surface area (Å²) < 4.78 is 13.9. The first-order valence-corrected chi connectivity index (χ1v) is 5.65. The van der Waals surface area contributed by atoms with Crippen molar-refractivity contribution in [1.29, 1.82) is 0 Å². The Bertz CT molecular complexity index is 453. The second kappa shape index (κ2) is 4.76. The van der Waals surface area contributed by atoms with E-state index < -0.39 is 6.10 Å². The minimum absolute atomic E-state index is 0.341. The van der Waals surface area contributed by atoms with Gasteiger partial charge >= 0.3 is 0 Å². The predicted molar refractivity (Wildman–Crippen MR) is 64.6 cm³/mol. The fourth-order valence-electron chi connectivity index (χ4n) is 1.55. The lowest BCUT2D eigenvalue weighted by Gasteiger charge is -2.11. The minimum atomic E-state index is -0.798. The van der Waals surface area contributed by atoms with E-state index in [2.05, 4.69) is 15.9 Å². The molecule has 0 aliphatic carbocycles. The number of benzene rings is 2. The van der Waals surface area contributed by atoms with Crippen molar-refractivity contribution >= 4 is 15.9 Å². The van der Waals surface area contributed by atoms with E-state index >= 15 is 0 Å². The third-order valence-corrected chi connectivity index (χ3v) is 2.82. The molecular weight excluding hydrogens is 271 g/mol. The Morgan fingerprint density at radius 2 is 1.62 bits per heavy atom. The van der Waals surface area contributed by atoms with Crippen LogP contribution in [0.25, 0.3) is 0 Å². The second-order valence-electron chi connectivity index (χ2n) is 3.51. The van der Waals surface area contributed by atoms with Gasteiger partial charge < -0.3 is 5.11 Å². The molecule has 0 fully saturated rings. The number of hydrogen-bond acceptors (Lipinski definition) is 1. The van der Waals surface area contributed by atoms with Crippen molar-refractivity contribution in [2.24, 2.45) is 0 Å². The van der Waals surface area contributed by atoms with E-state index in [1.54, 1.807) is 18.2 Å². The van der Waals surface area contributed by atoms with E-state index in [1.807, 2.05) is 18.2 Å². The molecule has 1 nitrogen and oxygen atoms in total. The van der Waals surface area contributed by atoms with Gasteiger partial charge in [0.25, 0.3) is 0 Å². The van der Waals surface area contributed by atoms with E-state index in [0.717, 1.165) is 10.0 Å². The standard InChI is InChI=1S/C13H10BrFO/c14-11-5-1-3-9(7-11)13(16)10-4-2-6-12(15)8-10/h1-8,13,16H. The van der Waals surface area contributed by atoms with E-state index in [9.17, 15) is 9.50 Å². The van der Waals surface area contributed by atoms with Crippen LogP contribution in [0.15, 0.2) is 53.0 Å². The first-order chi connectivity index (χ1) is 7.66. The summed E-state index contributed by atoms with van der Waals surface area (Å²) in [5, 5.41) is 10.1. The van der Waals surface area contributed by atoms with Crippen molar-refractivity contribution in [3.8, 4) is 0 Å². The van der Waals surface area contributed by atoms with Gasteiger partial charge in [0.2, 0.25) is 0 Å². The summed E-state index contributed by atoms with van der Waals surface area (Å²) in [6.45, 7) is 0. The van der Waals surface area contributed by atoms with E-state index in [-0.39, 0.29) is 5.82 Å². The van der Waals surface area contributed by atoms with Crippen LogP contribution in [-0.2, 0) is 0 Å². The van der Waals surface area contributed by atoms with E-state index in [0.29, 0.717) is 5.56 Å². The third kappa shape index (κ3) is 2.49. The van der Waals surface area contributed by atoms with Crippen LogP contribution >= 0.6 is 15.9 Å². The Morgan fingerprint density at radius 3 is 2.25 bits per heavy atom. The minimum Gasteiger partial charge on any atom is -0.384 e. The van der Waals surface area contributed by atoms with E-state index in [1.165, 1.54) is 12.1 Å². The maximum Gasteiger partial charge on any atom is 0.123 e. The zero-order valence-electron chi connectivity index (χ0n) is 8.40. The number of aliphatic hydroxyl groups is 1. The van der Waals surface area contributed by atoms with Crippen LogP contribution < -0.4 is 0 Å². The first kappa shape index (κ1) is 11.3. The Kier molecular flexibility index (Phi) is 3.36. The molecule has 0 radical (unpaired) electrons. The SMILES string of the molecule is OC(c1cccc(F)c1)c1cccc(Br)c1. The summed E-state index contributed by atoms with van der Waals surface area (Å²) in [4.78, 5) is 0. The summed E-state index contributed by atoms with van der Waals surface area (Å²) in [5.41, 5.74) is 1.29. The highest BCUT2D eigenvalue weighted by Crippen LogP contribution is 2.24. The van der Waals surface area contributed by atoms with Gasteiger partial charge in [0.05, 0.1) is 0 Å². The van der Waals surface area contributed by atoms with Gasteiger partial charge in [-0.3, -0.25) is 0 Å². The molecule has 0 heterocycles. The summed E-state index contributed by atoms with van der Waals surface area (Å²) in [5.74, 6) is -0.341. The molecule has 2 rings (SSSR count). The fourth-order valence-corrected chi connectivity index (χ4v) is 1.96. The number of rotatable bonds is 2. The van der Waals surface area contributed by atoms with Crippen molar-refractivity contribution in [3.05, 3.63) is 69.9 Å². The molecule has 82 valence electrons. The van der Waals surface area contributed by atoms with E-state index in [4.69, 9.17) is 0 Å². The predicted octanol–water partition coefficient (Wildman–Crippen LogP) is 3.67. The molecule has 0 aliphatic heterocycles. The van der Waals surface area contributed by atoms with Crippen molar-refractivity contribution < 1.29 is 9.50 Å². The smallest absolute Gasteiger partial charge is 0.123 e.